The molecule has 1 saturated carbocycles. The molecule has 1 heterocycles. The first-order valence-corrected chi connectivity index (χ1v) is 6.24. The van der Waals surface area contributed by atoms with Gasteiger partial charge >= 0.3 is 0 Å². The maximum Gasteiger partial charge on any atom is 0.000661 e. The molecule has 0 radical (unpaired) electrons. The molecule has 1 atom stereocenters. The van der Waals surface area contributed by atoms with Gasteiger partial charge in [-0.25, -0.2) is 0 Å². The van der Waals surface area contributed by atoms with Gasteiger partial charge in [0.15, 0.2) is 0 Å². The van der Waals surface area contributed by atoms with Crippen LogP contribution < -0.4 is 5.32 Å². The molecule has 2 nitrogen and oxygen atoms in total. The SMILES string of the molecule is CN(CCC1CCCNC1)CC1CC1. The van der Waals surface area contributed by atoms with Crippen molar-refractivity contribution in [2.75, 3.05) is 33.2 Å². The van der Waals surface area contributed by atoms with Gasteiger partial charge in [-0.2, -0.15) is 0 Å². The molecule has 0 amide bonds. The minimum atomic E-state index is 0.949. The summed E-state index contributed by atoms with van der Waals surface area (Å²) in [4.78, 5) is 2.53. The summed E-state index contributed by atoms with van der Waals surface area (Å²) >= 11 is 0. The second-order valence-corrected chi connectivity index (χ2v) is 5.21. The van der Waals surface area contributed by atoms with E-state index < -0.39 is 0 Å². The van der Waals surface area contributed by atoms with E-state index in [1.807, 2.05) is 0 Å². The first-order chi connectivity index (χ1) is 6.84. The molecule has 1 unspecified atom stereocenters. The van der Waals surface area contributed by atoms with Crippen LogP contribution in [0.2, 0.25) is 0 Å². The molecule has 2 heteroatoms. The lowest BCUT2D eigenvalue weighted by Crippen LogP contribution is -2.32. The van der Waals surface area contributed by atoms with E-state index in [9.17, 15) is 0 Å². The van der Waals surface area contributed by atoms with Gasteiger partial charge in [-0.3, -0.25) is 0 Å². The van der Waals surface area contributed by atoms with Crippen LogP contribution >= 0.6 is 0 Å². The zero-order chi connectivity index (χ0) is 9.80. The highest BCUT2D eigenvalue weighted by atomic mass is 15.1. The third kappa shape index (κ3) is 3.58. The van der Waals surface area contributed by atoms with Crippen molar-refractivity contribution in [2.24, 2.45) is 11.8 Å². The Labute approximate surface area is 88.1 Å². The van der Waals surface area contributed by atoms with Crippen molar-refractivity contribution in [3.05, 3.63) is 0 Å². The van der Waals surface area contributed by atoms with E-state index in [1.165, 1.54) is 58.3 Å². The minimum absolute atomic E-state index is 0.949. The van der Waals surface area contributed by atoms with Gasteiger partial charge in [0, 0.05) is 6.54 Å². The van der Waals surface area contributed by atoms with Crippen LogP contribution in [0.3, 0.4) is 0 Å². The van der Waals surface area contributed by atoms with E-state index in [0.29, 0.717) is 0 Å². The predicted octanol–water partition coefficient (Wildman–Crippen LogP) is 1.72. The normalized spacial score (nSPS) is 28.3. The van der Waals surface area contributed by atoms with Crippen molar-refractivity contribution in [2.45, 2.75) is 32.1 Å². The topological polar surface area (TPSA) is 15.3 Å². The molecular weight excluding hydrogens is 172 g/mol. The van der Waals surface area contributed by atoms with Crippen molar-refractivity contribution in [1.82, 2.24) is 10.2 Å². The van der Waals surface area contributed by atoms with Crippen molar-refractivity contribution in [3.8, 4) is 0 Å². The van der Waals surface area contributed by atoms with Crippen LogP contribution in [-0.4, -0.2) is 38.1 Å². The minimum Gasteiger partial charge on any atom is -0.316 e. The summed E-state index contributed by atoms with van der Waals surface area (Å²) in [7, 11) is 2.29. The number of hydrogen-bond acceptors (Lipinski definition) is 2. The van der Waals surface area contributed by atoms with E-state index >= 15 is 0 Å². The van der Waals surface area contributed by atoms with Gasteiger partial charge in [-0.05, 0) is 70.6 Å². The molecule has 0 aromatic carbocycles. The second kappa shape index (κ2) is 5.13. The van der Waals surface area contributed by atoms with E-state index in [-0.39, 0.29) is 0 Å². The average molecular weight is 196 g/mol. The summed E-state index contributed by atoms with van der Waals surface area (Å²) < 4.78 is 0. The average Bonchev–Trinajstić information content (AvgIpc) is 3.00. The Balaban J connectivity index is 1.55. The zero-order valence-corrected chi connectivity index (χ0v) is 9.47. The van der Waals surface area contributed by atoms with E-state index in [0.717, 1.165) is 11.8 Å². The molecule has 2 aliphatic rings. The van der Waals surface area contributed by atoms with Gasteiger partial charge < -0.3 is 10.2 Å². The Kier molecular flexibility index (Phi) is 3.82. The molecule has 1 aliphatic heterocycles. The third-order valence-corrected chi connectivity index (χ3v) is 3.58. The van der Waals surface area contributed by atoms with E-state index in [1.54, 1.807) is 0 Å². The summed E-state index contributed by atoms with van der Waals surface area (Å²) in [6.07, 6.45) is 7.20. The smallest absolute Gasteiger partial charge is 0.000661 e. The summed E-state index contributed by atoms with van der Waals surface area (Å²) in [6.45, 7) is 5.16. The summed E-state index contributed by atoms with van der Waals surface area (Å²) in [6, 6.07) is 0. The lowest BCUT2D eigenvalue weighted by Gasteiger charge is -2.25. The maximum absolute atomic E-state index is 3.49. The van der Waals surface area contributed by atoms with Crippen LogP contribution in [-0.2, 0) is 0 Å². The largest absolute Gasteiger partial charge is 0.316 e. The van der Waals surface area contributed by atoms with Crippen molar-refractivity contribution in [1.29, 1.82) is 0 Å². The Morgan fingerprint density at radius 1 is 1.21 bits per heavy atom. The molecule has 1 saturated heterocycles. The van der Waals surface area contributed by atoms with Crippen LogP contribution in [0, 0.1) is 11.8 Å². The number of hydrogen-bond donors (Lipinski definition) is 1. The Morgan fingerprint density at radius 3 is 2.71 bits per heavy atom. The number of nitrogens with zero attached hydrogens (tertiary/aromatic N) is 1. The van der Waals surface area contributed by atoms with Gasteiger partial charge in [0.05, 0.1) is 0 Å². The van der Waals surface area contributed by atoms with Crippen LogP contribution in [0.15, 0.2) is 0 Å². The standard InChI is InChI=1S/C12H24N2/c1-14(10-12-4-5-12)8-6-11-3-2-7-13-9-11/h11-13H,2-10H2,1H3. The van der Waals surface area contributed by atoms with Crippen LogP contribution in [0.4, 0.5) is 0 Å². The molecule has 14 heavy (non-hydrogen) atoms. The Hall–Kier alpha value is -0.0800. The van der Waals surface area contributed by atoms with Crippen molar-refractivity contribution in [3.63, 3.8) is 0 Å². The lowest BCUT2D eigenvalue weighted by atomic mass is 9.96. The highest BCUT2D eigenvalue weighted by molar-refractivity contribution is 4.77. The van der Waals surface area contributed by atoms with Gasteiger partial charge in [-0.1, -0.05) is 0 Å². The quantitative estimate of drug-likeness (QED) is 0.720. The first-order valence-electron chi connectivity index (χ1n) is 6.24. The number of piperidine rings is 1. The molecule has 2 fully saturated rings. The van der Waals surface area contributed by atoms with Gasteiger partial charge in [0.1, 0.15) is 0 Å². The molecule has 2 rings (SSSR count). The Morgan fingerprint density at radius 2 is 2.07 bits per heavy atom. The fourth-order valence-corrected chi connectivity index (χ4v) is 2.41. The van der Waals surface area contributed by atoms with Crippen LogP contribution in [0.5, 0.6) is 0 Å². The van der Waals surface area contributed by atoms with Gasteiger partial charge in [-0.15, -0.1) is 0 Å². The van der Waals surface area contributed by atoms with Crippen molar-refractivity contribution < 1.29 is 0 Å². The third-order valence-electron chi connectivity index (χ3n) is 3.58. The fourth-order valence-electron chi connectivity index (χ4n) is 2.41. The molecule has 1 aliphatic carbocycles. The maximum atomic E-state index is 3.49. The molecule has 82 valence electrons. The predicted molar refractivity (Wildman–Crippen MR) is 60.4 cm³/mol. The van der Waals surface area contributed by atoms with Crippen molar-refractivity contribution >= 4 is 0 Å². The lowest BCUT2D eigenvalue weighted by molar-refractivity contribution is 0.266. The molecule has 0 aromatic rings. The number of rotatable bonds is 5. The van der Waals surface area contributed by atoms with Gasteiger partial charge in [0.25, 0.3) is 0 Å². The molecule has 0 spiro atoms. The number of nitrogens with one attached hydrogen (secondary N) is 1. The summed E-state index contributed by atoms with van der Waals surface area (Å²) in [5, 5.41) is 3.49. The highest BCUT2D eigenvalue weighted by Gasteiger charge is 2.23. The van der Waals surface area contributed by atoms with E-state index in [2.05, 4.69) is 17.3 Å². The first kappa shape index (κ1) is 10.4. The second-order valence-electron chi connectivity index (χ2n) is 5.21. The highest BCUT2D eigenvalue weighted by Crippen LogP contribution is 2.29. The van der Waals surface area contributed by atoms with Crippen LogP contribution in [0.25, 0.3) is 0 Å². The van der Waals surface area contributed by atoms with E-state index in [4.69, 9.17) is 0 Å². The molecular formula is C12H24N2. The summed E-state index contributed by atoms with van der Waals surface area (Å²) in [5.41, 5.74) is 0. The monoisotopic (exact) mass is 196 g/mol. The van der Waals surface area contributed by atoms with Crippen LogP contribution in [0.1, 0.15) is 32.1 Å². The zero-order valence-electron chi connectivity index (χ0n) is 9.47. The fraction of sp³-hybridized carbons (Fsp3) is 1.00. The molecule has 0 bridgehead atoms. The van der Waals surface area contributed by atoms with Gasteiger partial charge in [0.2, 0.25) is 0 Å². The Bertz CT molecular complexity index is 160. The molecule has 1 N–H and O–H groups in total. The molecule has 0 aromatic heterocycles. The summed E-state index contributed by atoms with van der Waals surface area (Å²) in [5.74, 6) is 2.00.